The molecule has 0 spiro atoms. The van der Waals surface area contributed by atoms with E-state index in [1.54, 1.807) is 11.3 Å². The zero-order valence-corrected chi connectivity index (χ0v) is 15.8. The number of fused-ring (bicyclic) bond motifs is 3. The highest BCUT2D eigenvalue weighted by Gasteiger charge is 2.31. The summed E-state index contributed by atoms with van der Waals surface area (Å²) >= 11 is 0. The lowest BCUT2D eigenvalue weighted by atomic mass is 9.93. The third-order valence-electron chi connectivity index (χ3n) is 6.05. The Balaban J connectivity index is 1.82. The summed E-state index contributed by atoms with van der Waals surface area (Å²) in [6.07, 6.45) is 2.22. The summed E-state index contributed by atoms with van der Waals surface area (Å²) in [4.78, 5) is 2.52. The number of benzene rings is 2. The molecule has 0 amide bonds. The zero-order chi connectivity index (χ0) is 17.6. The van der Waals surface area contributed by atoms with Gasteiger partial charge in [-0.05, 0) is 57.5 Å². The molecule has 2 aromatic carbocycles. The van der Waals surface area contributed by atoms with Crippen molar-refractivity contribution >= 4 is 10.9 Å². The second-order valence-corrected chi connectivity index (χ2v) is 7.66. The average Bonchev–Trinajstić information content (AvgIpc) is 2.91. The Hall–Kier alpha value is -2.06. The molecular formula is C23H28N2. The molecule has 2 heteroatoms. The van der Waals surface area contributed by atoms with Crippen molar-refractivity contribution in [2.75, 3.05) is 7.05 Å². The van der Waals surface area contributed by atoms with Gasteiger partial charge in [0.2, 0.25) is 0 Å². The summed E-state index contributed by atoms with van der Waals surface area (Å²) in [5.74, 6) is 0. The topological polar surface area (TPSA) is 8.17 Å². The van der Waals surface area contributed by atoms with Crippen molar-refractivity contribution < 1.29 is 0 Å². The summed E-state index contributed by atoms with van der Waals surface area (Å²) in [6.45, 7) is 7.97. The maximum absolute atomic E-state index is 2.59. The first kappa shape index (κ1) is 16.4. The fourth-order valence-corrected chi connectivity index (χ4v) is 4.38. The maximum atomic E-state index is 2.59. The molecule has 0 fully saturated rings. The molecule has 3 aromatic rings. The predicted molar refractivity (Wildman–Crippen MR) is 106 cm³/mol. The molecule has 2 atom stereocenters. The quantitative estimate of drug-likeness (QED) is 0.645. The normalized spacial score (nSPS) is 20.8. The van der Waals surface area contributed by atoms with E-state index in [0.29, 0.717) is 12.1 Å². The molecule has 25 heavy (non-hydrogen) atoms. The zero-order valence-electron chi connectivity index (χ0n) is 15.8. The molecule has 1 aliphatic rings. The van der Waals surface area contributed by atoms with Crippen LogP contribution in [0.4, 0.5) is 0 Å². The average molecular weight is 332 g/mol. The second kappa shape index (κ2) is 6.34. The Morgan fingerprint density at radius 2 is 1.80 bits per heavy atom. The van der Waals surface area contributed by atoms with Crippen LogP contribution in [-0.4, -0.2) is 22.6 Å². The van der Waals surface area contributed by atoms with Crippen molar-refractivity contribution in [3.05, 3.63) is 70.9 Å². The predicted octanol–water partition coefficient (Wildman–Crippen LogP) is 5.13. The van der Waals surface area contributed by atoms with Gasteiger partial charge in [-0.1, -0.05) is 42.0 Å². The van der Waals surface area contributed by atoms with Gasteiger partial charge in [0.05, 0.1) is 0 Å². The van der Waals surface area contributed by atoms with Gasteiger partial charge in [-0.25, -0.2) is 0 Å². The van der Waals surface area contributed by atoms with Crippen LogP contribution in [0.5, 0.6) is 0 Å². The Kier molecular flexibility index (Phi) is 4.16. The molecular weight excluding hydrogens is 304 g/mol. The molecule has 130 valence electrons. The molecule has 0 saturated heterocycles. The monoisotopic (exact) mass is 332 g/mol. The summed E-state index contributed by atoms with van der Waals surface area (Å²) in [7, 11) is 2.27. The second-order valence-electron chi connectivity index (χ2n) is 7.66. The third-order valence-corrected chi connectivity index (χ3v) is 6.05. The number of nitrogens with zero attached hydrogens (tertiary/aromatic N) is 2. The highest BCUT2D eigenvalue weighted by atomic mass is 15.2. The SMILES string of the molecule is Cc1ccc2c(c1)c1c(n2CCc2ccccc2)C[C@H](C)N(C)[C@H]1C. The van der Waals surface area contributed by atoms with Crippen LogP contribution in [0.3, 0.4) is 0 Å². The van der Waals surface area contributed by atoms with E-state index in [4.69, 9.17) is 0 Å². The number of rotatable bonds is 3. The molecule has 0 radical (unpaired) electrons. The minimum atomic E-state index is 0.473. The van der Waals surface area contributed by atoms with Gasteiger partial charge in [0.25, 0.3) is 0 Å². The van der Waals surface area contributed by atoms with E-state index in [1.807, 2.05) is 0 Å². The van der Waals surface area contributed by atoms with Crippen LogP contribution in [0.25, 0.3) is 10.9 Å². The van der Waals surface area contributed by atoms with Gasteiger partial charge in [-0.2, -0.15) is 0 Å². The van der Waals surface area contributed by atoms with Crippen LogP contribution >= 0.6 is 0 Å². The van der Waals surface area contributed by atoms with Gasteiger partial charge in [-0.15, -0.1) is 0 Å². The van der Waals surface area contributed by atoms with Gasteiger partial charge in [0.1, 0.15) is 0 Å². The molecule has 4 rings (SSSR count). The maximum Gasteiger partial charge on any atom is 0.0486 e. The Labute approximate surface area is 151 Å². The van der Waals surface area contributed by atoms with Gasteiger partial charge in [-0.3, -0.25) is 4.90 Å². The highest BCUT2D eigenvalue weighted by molar-refractivity contribution is 5.87. The number of likely N-dealkylation sites (N-methyl/N-ethyl adjacent to an activating group) is 1. The number of hydrogen-bond acceptors (Lipinski definition) is 1. The van der Waals surface area contributed by atoms with Crippen molar-refractivity contribution in [3.8, 4) is 0 Å². The molecule has 0 N–H and O–H groups in total. The number of aromatic nitrogens is 1. The van der Waals surface area contributed by atoms with Gasteiger partial charge < -0.3 is 4.57 Å². The first-order valence-electron chi connectivity index (χ1n) is 9.43. The van der Waals surface area contributed by atoms with Crippen molar-refractivity contribution in [1.82, 2.24) is 9.47 Å². The summed E-state index contributed by atoms with van der Waals surface area (Å²) in [5.41, 5.74) is 7.27. The largest absolute Gasteiger partial charge is 0.344 e. The smallest absolute Gasteiger partial charge is 0.0486 e. The first-order valence-corrected chi connectivity index (χ1v) is 9.43. The summed E-state index contributed by atoms with van der Waals surface area (Å²) < 4.78 is 2.59. The van der Waals surface area contributed by atoms with E-state index < -0.39 is 0 Å². The molecule has 0 saturated carbocycles. The molecule has 2 heterocycles. The van der Waals surface area contributed by atoms with E-state index in [0.717, 1.165) is 19.4 Å². The molecule has 1 aliphatic heterocycles. The van der Waals surface area contributed by atoms with Crippen LogP contribution in [0.15, 0.2) is 48.5 Å². The van der Waals surface area contributed by atoms with Crippen LogP contribution < -0.4 is 0 Å². The fourth-order valence-electron chi connectivity index (χ4n) is 4.38. The first-order chi connectivity index (χ1) is 12.1. The van der Waals surface area contributed by atoms with Crippen molar-refractivity contribution in [2.24, 2.45) is 0 Å². The van der Waals surface area contributed by atoms with Gasteiger partial charge >= 0.3 is 0 Å². The standard InChI is InChI=1S/C23H28N2/c1-16-10-11-21-20(14-16)23-18(3)24(4)17(2)15-22(23)25(21)13-12-19-8-6-5-7-9-19/h5-11,14,17-18H,12-13,15H2,1-4H3/t17-,18-/m0/s1. The third kappa shape index (κ3) is 2.79. The minimum absolute atomic E-state index is 0.473. The lowest BCUT2D eigenvalue weighted by Gasteiger charge is -2.37. The Morgan fingerprint density at radius 3 is 2.56 bits per heavy atom. The van der Waals surface area contributed by atoms with E-state index in [2.05, 4.69) is 85.8 Å². The highest BCUT2D eigenvalue weighted by Crippen LogP contribution is 2.39. The minimum Gasteiger partial charge on any atom is -0.344 e. The van der Waals surface area contributed by atoms with Crippen LogP contribution in [0.1, 0.15) is 42.3 Å². The van der Waals surface area contributed by atoms with E-state index in [1.165, 1.54) is 22.0 Å². The summed E-state index contributed by atoms with van der Waals surface area (Å²) in [5, 5.41) is 1.45. The van der Waals surface area contributed by atoms with Crippen LogP contribution in [0.2, 0.25) is 0 Å². The molecule has 2 nitrogen and oxygen atoms in total. The van der Waals surface area contributed by atoms with E-state index in [9.17, 15) is 0 Å². The molecule has 0 aliphatic carbocycles. The lowest BCUT2D eigenvalue weighted by Crippen LogP contribution is -2.38. The number of aryl methyl sites for hydroxylation is 3. The number of hydrogen-bond donors (Lipinski definition) is 0. The van der Waals surface area contributed by atoms with Crippen molar-refractivity contribution in [1.29, 1.82) is 0 Å². The Morgan fingerprint density at radius 1 is 1.04 bits per heavy atom. The van der Waals surface area contributed by atoms with Gasteiger partial charge in [0, 0.05) is 41.6 Å². The molecule has 0 bridgehead atoms. The van der Waals surface area contributed by atoms with Crippen molar-refractivity contribution in [3.63, 3.8) is 0 Å². The molecule has 1 aromatic heterocycles. The van der Waals surface area contributed by atoms with Gasteiger partial charge in [0.15, 0.2) is 0 Å². The van der Waals surface area contributed by atoms with Crippen molar-refractivity contribution in [2.45, 2.75) is 52.2 Å². The van der Waals surface area contributed by atoms with Crippen LogP contribution in [-0.2, 0) is 19.4 Å². The lowest BCUT2D eigenvalue weighted by molar-refractivity contribution is 0.177. The fraction of sp³-hybridized carbons (Fsp3) is 0.391. The van der Waals surface area contributed by atoms with E-state index >= 15 is 0 Å². The van der Waals surface area contributed by atoms with Crippen LogP contribution in [0, 0.1) is 6.92 Å². The molecule has 0 unspecified atom stereocenters. The Bertz CT molecular complexity index is 891. The van der Waals surface area contributed by atoms with E-state index in [-0.39, 0.29) is 0 Å². The summed E-state index contributed by atoms with van der Waals surface area (Å²) in [6, 6.07) is 18.9.